The van der Waals surface area contributed by atoms with Crippen LogP contribution in [0.5, 0.6) is 11.5 Å². The number of hydrogen-bond donors (Lipinski definition) is 1. The van der Waals surface area contributed by atoms with Crippen molar-refractivity contribution in [2.45, 2.75) is 20.8 Å². The molecule has 26 heavy (non-hydrogen) atoms. The van der Waals surface area contributed by atoms with Gasteiger partial charge in [0.1, 0.15) is 0 Å². The van der Waals surface area contributed by atoms with Gasteiger partial charge in [0, 0.05) is 6.08 Å². The molecule has 0 atom stereocenters. The molecule has 0 aliphatic carbocycles. The van der Waals surface area contributed by atoms with Gasteiger partial charge in [0.2, 0.25) is 0 Å². The van der Waals surface area contributed by atoms with E-state index in [-0.39, 0.29) is 0 Å². The maximum absolute atomic E-state index is 11.7. The van der Waals surface area contributed by atoms with Gasteiger partial charge in [-0.15, -0.1) is 11.3 Å². The summed E-state index contributed by atoms with van der Waals surface area (Å²) in [6, 6.07) is 5.72. The van der Waals surface area contributed by atoms with E-state index in [0.29, 0.717) is 39.9 Å². The number of esters is 1. The molecule has 2 aromatic rings. The number of H-pyrrole nitrogens is 1. The second-order valence-electron chi connectivity index (χ2n) is 5.95. The van der Waals surface area contributed by atoms with Crippen molar-refractivity contribution in [2.24, 2.45) is 5.92 Å². The molecule has 0 saturated heterocycles. The molecule has 1 aromatic heterocycles. The van der Waals surface area contributed by atoms with Gasteiger partial charge in [-0.05, 0) is 48.8 Å². The van der Waals surface area contributed by atoms with E-state index in [1.54, 1.807) is 14.0 Å². The zero-order valence-electron chi connectivity index (χ0n) is 15.3. The predicted octanol–water partition coefficient (Wildman–Crippen LogP) is 3.02. The van der Waals surface area contributed by atoms with E-state index in [0.717, 1.165) is 10.1 Å². The van der Waals surface area contributed by atoms with E-state index in [9.17, 15) is 4.79 Å². The zero-order chi connectivity index (χ0) is 19.1. The molecule has 140 valence electrons. The van der Waals surface area contributed by atoms with Crippen LogP contribution in [0.25, 0.3) is 12.2 Å². The fourth-order valence-corrected chi connectivity index (χ4v) is 3.32. The Hall–Kier alpha value is -2.12. The molecule has 0 fully saturated rings. The molecule has 0 aliphatic rings. The van der Waals surface area contributed by atoms with Crippen molar-refractivity contribution in [3.8, 4) is 11.5 Å². The first-order chi connectivity index (χ1) is 12.4. The van der Waals surface area contributed by atoms with Crippen LogP contribution in [0.4, 0.5) is 0 Å². The van der Waals surface area contributed by atoms with Crippen molar-refractivity contribution < 1.29 is 19.0 Å². The van der Waals surface area contributed by atoms with E-state index < -0.39 is 5.97 Å². The summed E-state index contributed by atoms with van der Waals surface area (Å²) in [5.74, 6) is 1.40. The van der Waals surface area contributed by atoms with Gasteiger partial charge in [-0.1, -0.05) is 19.9 Å². The standard InChI is InChI=1S/C19H23NO4S2/c1-5-23-18(21)10-14-17(26-19(25)20-14)9-13-6-7-15(16(8-13)22-4)24-11-12(2)3/h6-10,12H,5,11H2,1-4H3,(H,20,25)/b14-10-,17-9-. The molecule has 7 heteroatoms. The molecule has 1 N–H and O–H groups in total. The van der Waals surface area contributed by atoms with Crippen LogP contribution in [0.3, 0.4) is 0 Å². The van der Waals surface area contributed by atoms with Gasteiger partial charge in [0.15, 0.2) is 15.5 Å². The van der Waals surface area contributed by atoms with Gasteiger partial charge in [-0.2, -0.15) is 0 Å². The van der Waals surface area contributed by atoms with Crippen LogP contribution in [0, 0.1) is 9.87 Å². The molecule has 0 unspecified atom stereocenters. The quantitative estimate of drug-likeness (QED) is 0.579. The normalized spacial score (nSPS) is 12.5. The maximum atomic E-state index is 11.7. The second-order valence-corrected chi connectivity index (χ2v) is 7.67. The second kappa shape index (κ2) is 9.54. The Kier molecular flexibility index (Phi) is 7.41. The Labute approximate surface area is 161 Å². The van der Waals surface area contributed by atoms with Crippen LogP contribution in [0.15, 0.2) is 18.2 Å². The molecule has 0 radical (unpaired) electrons. The maximum Gasteiger partial charge on any atom is 0.332 e. The molecular formula is C19H23NO4S2. The number of ether oxygens (including phenoxy) is 3. The van der Waals surface area contributed by atoms with Gasteiger partial charge in [0.25, 0.3) is 0 Å². The monoisotopic (exact) mass is 393 g/mol. The van der Waals surface area contributed by atoms with E-state index in [2.05, 4.69) is 18.8 Å². The van der Waals surface area contributed by atoms with Crippen LogP contribution in [-0.4, -0.2) is 31.3 Å². The number of benzene rings is 1. The van der Waals surface area contributed by atoms with E-state index in [1.165, 1.54) is 17.4 Å². The van der Waals surface area contributed by atoms with Gasteiger partial charge in [-0.3, -0.25) is 0 Å². The number of nitrogens with one attached hydrogen (secondary N) is 1. The largest absolute Gasteiger partial charge is 0.493 e. The van der Waals surface area contributed by atoms with Crippen molar-refractivity contribution in [1.82, 2.24) is 4.98 Å². The lowest BCUT2D eigenvalue weighted by Gasteiger charge is -2.12. The Morgan fingerprint density at radius 3 is 2.77 bits per heavy atom. The first-order valence-corrected chi connectivity index (χ1v) is 9.55. The Morgan fingerprint density at radius 2 is 2.12 bits per heavy atom. The third kappa shape index (κ3) is 5.71. The number of carbonyl (C=O) groups is 1. The Morgan fingerprint density at radius 1 is 1.35 bits per heavy atom. The van der Waals surface area contributed by atoms with E-state index in [1.807, 2.05) is 24.3 Å². The smallest absolute Gasteiger partial charge is 0.332 e. The highest BCUT2D eigenvalue weighted by atomic mass is 32.1. The van der Waals surface area contributed by atoms with Gasteiger partial charge in [-0.25, -0.2) is 4.79 Å². The lowest BCUT2D eigenvalue weighted by atomic mass is 10.2. The van der Waals surface area contributed by atoms with Crippen LogP contribution >= 0.6 is 23.6 Å². The summed E-state index contributed by atoms with van der Waals surface area (Å²) in [6.07, 6.45) is 3.36. The minimum Gasteiger partial charge on any atom is -0.493 e. The third-order valence-corrected chi connectivity index (χ3v) is 4.51. The molecule has 0 spiro atoms. The van der Waals surface area contributed by atoms with Crippen LogP contribution < -0.4 is 19.4 Å². The fraction of sp³-hybridized carbons (Fsp3) is 0.368. The minimum atomic E-state index is -0.402. The average Bonchev–Trinajstić information content (AvgIpc) is 2.92. The fourth-order valence-electron chi connectivity index (χ4n) is 2.17. The third-order valence-electron chi connectivity index (χ3n) is 3.31. The Bertz CT molecular complexity index is 928. The number of thiazole rings is 1. The van der Waals surface area contributed by atoms with Crippen molar-refractivity contribution in [1.29, 1.82) is 0 Å². The van der Waals surface area contributed by atoms with Crippen molar-refractivity contribution >= 4 is 41.7 Å². The highest BCUT2D eigenvalue weighted by Gasteiger charge is 2.06. The van der Waals surface area contributed by atoms with Crippen molar-refractivity contribution in [3.05, 3.63) is 37.6 Å². The SMILES string of the molecule is CCOC(=O)/C=c1\[nH]c(=S)s\c1=C/c1ccc(OCC(C)C)c(OC)c1. The van der Waals surface area contributed by atoms with Crippen LogP contribution in [-0.2, 0) is 9.53 Å². The number of hydrogen-bond acceptors (Lipinski definition) is 6. The number of rotatable bonds is 7. The predicted molar refractivity (Wildman–Crippen MR) is 107 cm³/mol. The highest BCUT2D eigenvalue weighted by Crippen LogP contribution is 2.28. The molecule has 0 aliphatic heterocycles. The molecule has 1 aromatic carbocycles. The van der Waals surface area contributed by atoms with Gasteiger partial charge in [0.05, 0.1) is 30.2 Å². The van der Waals surface area contributed by atoms with Crippen molar-refractivity contribution in [3.63, 3.8) is 0 Å². The average molecular weight is 394 g/mol. The topological polar surface area (TPSA) is 60.6 Å². The summed E-state index contributed by atoms with van der Waals surface area (Å²) in [4.78, 5) is 14.7. The summed E-state index contributed by atoms with van der Waals surface area (Å²) in [7, 11) is 1.61. The van der Waals surface area contributed by atoms with Gasteiger partial charge >= 0.3 is 5.97 Å². The van der Waals surface area contributed by atoms with Crippen LogP contribution in [0.2, 0.25) is 0 Å². The summed E-state index contributed by atoms with van der Waals surface area (Å²) in [5.41, 5.74) is 0.919. The Balaban J connectivity index is 2.41. The molecule has 5 nitrogen and oxygen atoms in total. The summed E-state index contributed by atoms with van der Waals surface area (Å²) >= 11 is 6.60. The number of aromatic nitrogens is 1. The van der Waals surface area contributed by atoms with Gasteiger partial charge < -0.3 is 19.2 Å². The summed E-state index contributed by atoms with van der Waals surface area (Å²) in [5, 5.41) is 0.637. The molecule has 0 amide bonds. The molecule has 0 bridgehead atoms. The van der Waals surface area contributed by atoms with Crippen LogP contribution in [0.1, 0.15) is 26.3 Å². The highest BCUT2D eigenvalue weighted by molar-refractivity contribution is 7.73. The first-order valence-electron chi connectivity index (χ1n) is 8.33. The molecular weight excluding hydrogens is 370 g/mol. The first kappa shape index (κ1) is 20.2. The molecule has 2 rings (SSSR count). The van der Waals surface area contributed by atoms with Crippen molar-refractivity contribution in [2.75, 3.05) is 20.3 Å². The molecule has 1 heterocycles. The van der Waals surface area contributed by atoms with E-state index in [4.69, 9.17) is 26.4 Å². The molecule has 0 saturated carbocycles. The minimum absolute atomic E-state index is 0.328. The lowest BCUT2D eigenvalue weighted by molar-refractivity contribution is -0.135. The lowest BCUT2D eigenvalue weighted by Crippen LogP contribution is -2.23. The summed E-state index contributed by atoms with van der Waals surface area (Å²) in [6.45, 7) is 6.90. The summed E-state index contributed by atoms with van der Waals surface area (Å²) < 4.78 is 17.6. The van der Waals surface area contributed by atoms with E-state index >= 15 is 0 Å². The number of aromatic amines is 1. The zero-order valence-corrected chi connectivity index (χ0v) is 17.0. The number of carbonyl (C=O) groups excluding carboxylic acids is 1. The number of methoxy groups -OCH3 is 1.